The number of nitrogens with one attached hydrogen (secondary N) is 2. The number of benzene rings is 1. The lowest BCUT2D eigenvalue weighted by Gasteiger charge is -2.20. The van der Waals surface area contributed by atoms with Crippen molar-refractivity contribution in [3.05, 3.63) is 24.3 Å². The van der Waals surface area contributed by atoms with Crippen LogP contribution in [0.1, 0.15) is 19.8 Å². The minimum absolute atomic E-state index is 0.314. The molecular formula is C15H25N3O2S. The van der Waals surface area contributed by atoms with Gasteiger partial charge >= 0.3 is 0 Å². The molecule has 2 N–H and O–H groups in total. The minimum Gasteiger partial charge on any atom is -0.388 e. The van der Waals surface area contributed by atoms with Gasteiger partial charge in [0.05, 0.1) is 4.90 Å². The molecule has 1 unspecified atom stereocenters. The maximum atomic E-state index is 12.2. The highest BCUT2D eigenvalue weighted by Crippen LogP contribution is 2.14. The van der Waals surface area contributed by atoms with Crippen molar-refractivity contribution in [3.63, 3.8) is 0 Å². The van der Waals surface area contributed by atoms with Gasteiger partial charge < -0.3 is 10.2 Å². The number of rotatable bonds is 7. The lowest BCUT2D eigenvalue weighted by molar-refractivity contribution is 0.288. The fraction of sp³-hybridized carbons (Fsp3) is 0.600. The molecular weight excluding hydrogens is 286 g/mol. The van der Waals surface area contributed by atoms with E-state index in [1.54, 1.807) is 24.3 Å². The largest absolute Gasteiger partial charge is 0.388 e. The van der Waals surface area contributed by atoms with Crippen molar-refractivity contribution in [2.75, 3.05) is 38.5 Å². The highest BCUT2D eigenvalue weighted by molar-refractivity contribution is 7.89. The lowest BCUT2D eigenvalue weighted by Crippen LogP contribution is -2.34. The first-order valence-electron chi connectivity index (χ1n) is 7.51. The average Bonchev–Trinajstić information content (AvgIpc) is 2.98. The van der Waals surface area contributed by atoms with E-state index >= 15 is 0 Å². The van der Waals surface area contributed by atoms with Crippen molar-refractivity contribution in [1.29, 1.82) is 0 Å². The van der Waals surface area contributed by atoms with Crippen molar-refractivity contribution in [2.24, 2.45) is 5.92 Å². The lowest BCUT2D eigenvalue weighted by atomic mass is 10.2. The van der Waals surface area contributed by atoms with Gasteiger partial charge in [-0.15, -0.1) is 0 Å². The summed E-state index contributed by atoms with van der Waals surface area (Å²) in [4.78, 5) is 2.72. The van der Waals surface area contributed by atoms with Crippen molar-refractivity contribution < 1.29 is 8.42 Å². The molecule has 5 nitrogen and oxygen atoms in total. The zero-order valence-corrected chi connectivity index (χ0v) is 13.6. The molecule has 0 aliphatic carbocycles. The van der Waals surface area contributed by atoms with Crippen LogP contribution in [0.4, 0.5) is 5.69 Å². The first-order chi connectivity index (χ1) is 10.0. The van der Waals surface area contributed by atoms with Crippen LogP contribution in [0.3, 0.4) is 0 Å². The third kappa shape index (κ3) is 4.69. The summed E-state index contributed by atoms with van der Waals surface area (Å²) in [5.74, 6) is 0.314. The molecule has 118 valence electrons. The van der Waals surface area contributed by atoms with Gasteiger partial charge in [-0.25, -0.2) is 13.1 Å². The molecule has 2 rings (SSSR count). The van der Waals surface area contributed by atoms with E-state index < -0.39 is 10.0 Å². The van der Waals surface area contributed by atoms with Gasteiger partial charge in [-0.2, -0.15) is 0 Å². The Morgan fingerprint density at radius 3 is 2.38 bits per heavy atom. The van der Waals surface area contributed by atoms with Gasteiger partial charge in [0.2, 0.25) is 10.0 Å². The molecule has 21 heavy (non-hydrogen) atoms. The van der Waals surface area contributed by atoms with Crippen molar-refractivity contribution in [2.45, 2.75) is 24.7 Å². The van der Waals surface area contributed by atoms with E-state index in [9.17, 15) is 8.42 Å². The molecule has 1 heterocycles. The topological polar surface area (TPSA) is 61.4 Å². The van der Waals surface area contributed by atoms with Crippen molar-refractivity contribution >= 4 is 15.7 Å². The van der Waals surface area contributed by atoms with Crippen LogP contribution in [0.25, 0.3) is 0 Å². The number of hydrogen-bond donors (Lipinski definition) is 2. The average molecular weight is 311 g/mol. The summed E-state index contributed by atoms with van der Waals surface area (Å²) in [6.07, 6.45) is 2.52. The van der Waals surface area contributed by atoms with E-state index in [2.05, 4.69) is 21.9 Å². The highest BCUT2D eigenvalue weighted by atomic mass is 32.2. The van der Waals surface area contributed by atoms with Crippen molar-refractivity contribution in [1.82, 2.24) is 9.62 Å². The first kappa shape index (κ1) is 16.3. The number of anilines is 1. The molecule has 1 saturated heterocycles. The van der Waals surface area contributed by atoms with Crippen molar-refractivity contribution in [3.8, 4) is 0 Å². The maximum Gasteiger partial charge on any atom is 0.240 e. The summed E-state index contributed by atoms with van der Waals surface area (Å²) < 4.78 is 27.2. The molecule has 1 aromatic rings. The van der Waals surface area contributed by atoms with Crippen LogP contribution in [0, 0.1) is 5.92 Å². The fourth-order valence-electron chi connectivity index (χ4n) is 2.61. The Morgan fingerprint density at radius 2 is 1.81 bits per heavy atom. The Morgan fingerprint density at radius 1 is 1.19 bits per heavy atom. The SMILES string of the molecule is CNc1ccc(S(=O)(=O)NCC(C)CN2CCCC2)cc1. The van der Waals surface area contributed by atoms with Gasteiger partial charge in [0.25, 0.3) is 0 Å². The summed E-state index contributed by atoms with van der Waals surface area (Å²) in [7, 11) is -1.60. The van der Waals surface area contributed by atoms with Crippen LogP contribution in [0.2, 0.25) is 0 Å². The molecule has 1 atom stereocenters. The van der Waals surface area contributed by atoms with Gasteiger partial charge in [-0.1, -0.05) is 6.92 Å². The summed E-state index contributed by atoms with van der Waals surface area (Å²) in [5, 5.41) is 2.98. The minimum atomic E-state index is -3.41. The normalized spacial score (nSPS) is 17.8. The molecule has 0 radical (unpaired) electrons. The first-order valence-corrected chi connectivity index (χ1v) is 8.99. The Bertz CT molecular complexity index is 537. The number of likely N-dealkylation sites (tertiary alicyclic amines) is 1. The fourth-order valence-corrected chi connectivity index (χ4v) is 3.77. The zero-order valence-electron chi connectivity index (χ0n) is 12.8. The molecule has 1 aliphatic heterocycles. The van der Waals surface area contributed by atoms with Gasteiger partial charge in [0, 0.05) is 25.8 Å². The molecule has 1 aliphatic rings. The molecule has 0 saturated carbocycles. The van der Waals surface area contributed by atoms with Gasteiger partial charge in [0.1, 0.15) is 0 Å². The molecule has 6 heteroatoms. The molecule has 0 amide bonds. The third-order valence-corrected chi connectivity index (χ3v) is 5.28. The second-order valence-corrected chi connectivity index (χ2v) is 7.51. The van der Waals surface area contributed by atoms with Crippen LogP contribution in [-0.4, -0.2) is 46.5 Å². The number of nitrogens with zero attached hydrogens (tertiary/aromatic N) is 1. The smallest absolute Gasteiger partial charge is 0.240 e. The molecule has 1 aromatic carbocycles. The third-order valence-electron chi connectivity index (χ3n) is 3.84. The van der Waals surface area contributed by atoms with Crippen LogP contribution >= 0.6 is 0 Å². The van der Waals surface area contributed by atoms with E-state index in [1.807, 2.05) is 7.05 Å². The Balaban J connectivity index is 1.87. The van der Waals surface area contributed by atoms with E-state index in [0.29, 0.717) is 17.4 Å². The predicted octanol–water partition coefficient (Wildman–Crippen LogP) is 1.74. The van der Waals surface area contributed by atoms with Crippen LogP contribution in [0.5, 0.6) is 0 Å². The Labute approximate surface area is 127 Å². The quantitative estimate of drug-likeness (QED) is 0.805. The zero-order chi connectivity index (χ0) is 15.3. The van der Waals surface area contributed by atoms with Gasteiger partial charge in [-0.3, -0.25) is 0 Å². The standard InChI is InChI=1S/C15H25N3O2S/c1-13(12-18-9-3-4-10-18)11-17-21(19,20)15-7-5-14(16-2)6-8-15/h5-8,13,16-17H,3-4,9-12H2,1-2H3. The number of sulfonamides is 1. The van der Waals surface area contributed by atoms with Gasteiger partial charge in [0.15, 0.2) is 0 Å². The van der Waals surface area contributed by atoms with Crippen LogP contribution in [-0.2, 0) is 10.0 Å². The van der Waals surface area contributed by atoms with E-state index in [-0.39, 0.29) is 0 Å². The van der Waals surface area contributed by atoms with E-state index in [4.69, 9.17) is 0 Å². The highest BCUT2D eigenvalue weighted by Gasteiger charge is 2.18. The summed E-state index contributed by atoms with van der Waals surface area (Å²) in [5.41, 5.74) is 0.899. The Kier molecular flexibility index (Phi) is 5.61. The maximum absolute atomic E-state index is 12.2. The monoisotopic (exact) mass is 311 g/mol. The Hall–Kier alpha value is -1.11. The molecule has 0 aromatic heterocycles. The van der Waals surface area contributed by atoms with E-state index in [0.717, 1.165) is 25.3 Å². The summed E-state index contributed by atoms with van der Waals surface area (Å²) >= 11 is 0. The second-order valence-electron chi connectivity index (χ2n) is 5.74. The molecule has 1 fully saturated rings. The predicted molar refractivity (Wildman–Crippen MR) is 86.0 cm³/mol. The van der Waals surface area contributed by atoms with Gasteiger partial charge in [-0.05, 0) is 56.1 Å². The molecule has 0 spiro atoms. The van der Waals surface area contributed by atoms with Crippen LogP contribution in [0.15, 0.2) is 29.2 Å². The summed E-state index contributed by atoms with van der Waals surface area (Å²) in [6.45, 7) is 5.81. The summed E-state index contributed by atoms with van der Waals surface area (Å²) in [6, 6.07) is 6.78. The van der Waals surface area contributed by atoms with Crippen LogP contribution < -0.4 is 10.0 Å². The van der Waals surface area contributed by atoms with E-state index in [1.165, 1.54) is 12.8 Å². The second kappa shape index (κ2) is 7.24. The number of hydrogen-bond acceptors (Lipinski definition) is 4. The molecule has 0 bridgehead atoms.